The summed E-state index contributed by atoms with van der Waals surface area (Å²) < 4.78 is 7.10. The number of rotatable bonds is 6. The zero-order chi connectivity index (χ0) is 21.2. The predicted molar refractivity (Wildman–Crippen MR) is 124 cm³/mol. The maximum Gasteiger partial charge on any atom is 0.268 e. The second-order valence-corrected chi connectivity index (χ2v) is 8.56. The van der Waals surface area contributed by atoms with Crippen molar-refractivity contribution < 1.29 is 9.21 Å². The first kappa shape index (κ1) is 19.5. The van der Waals surface area contributed by atoms with Crippen molar-refractivity contribution >= 4 is 39.1 Å². The Hall–Kier alpha value is -3.42. The van der Waals surface area contributed by atoms with Crippen LogP contribution in [-0.2, 0) is 0 Å². The summed E-state index contributed by atoms with van der Waals surface area (Å²) in [5.74, 6) is 0.803. The number of benzene rings is 2. The van der Waals surface area contributed by atoms with Crippen molar-refractivity contribution in [2.45, 2.75) is 5.16 Å². The van der Waals surface area contributed by atoms with Gasteiger partial charge < -0.3 is 4.42 Å². The van der Waals surface area contributed by atoms with Crippen molar-refractivity contribution in [2.75, 3.05) is 5.75 Å². The normalized spacial score (nSPS) is 11.1. The van der Waals surface area contributed by atoms with Crippen LogP contribution in [0.3, 0.4) is 0 Å². The number of hydrogen-bond acceptors (Lipinski definition) is 6. The highest BCUT2D eigenvalue weighted by Crippen LogP contribution is 2.33. The van der Waals surface area contributed by atoms with Crippen LogP contribution in [0.4, 0.5) is 0 Å². The number of ketones is 1. The van der Waals surface area contributed by atoms with Crippen molar-refractivity contribution in [2.24, 2.45) is 0 Å². The Balaban J connectivity index is 1.62. The summed E-state index contributed by atoms with van der Waals surface area (Å²) in [6.07, 6.45) is 1.58. The van der Waals surface area contributed by atoms with Gasteiger partial charge in [-0.25, -0.2) is 4.98 Å². The molecule has 0 spiro atoms. The van der Waals surface area contributed by atoms with Crippen LogP contribution >= 0.6 is 23.1 Å². The zero-order valence-electron chi connectivity index (χ0n) is 16.2. The Labute approximate surface area is 186 Å². The van der Waals surface area contributed by atoms with E-state index < -0.39 is 0 Å². The Bertz CT molecular complexity index is 1410. The molecule has 0 saturated carbocycles. The van der Waals surface area contributed by atoms with Crippen LogP contribution in [-0.4, -0.2) is 21.1 Å². The number of Topliss-reactive ketones (excluding diaryl/α,β-unsaturated/α-hetero) is 1. The van der Waals surface area contributed by atoms with Crippen molar-refractivity contribution in [1.29, 1.82) is 0 Å². The van der Waals surface area contributed by atoms with Gasteiger partial charge in [0.1, 0.15) is 10.6 Å². The standard InChI is InChI=1S/C24H16N2O3S2/c27-19(16-8-3-1-4-9-16)15-31-24-25-22-21(18(14-30-22)20-12-7-13-29-20)23(28)26(24)17-10-5-2-6-11-17/h1-14H,15H2. The van der Waals surface area contributed by atoms with E-state index in [1.54, 1.807) is 29.0 Å². The summed E-state index contributed by atoms with van der Waals surface area (Å²) in [6.45, 7) is 0. The highest BCUT2D eigenvalue weighted by atomic mass is 32.2. The van der Waals surface area contributed by atoms with E-state index in [-0.39, 0.29) is 17.1 Å². The molecule has 0 N–H and O–H groups in total. The second kappa shape index (κ2) is 8.37. The third-order valence-electron chi connectivity index (χ3n) is 4.81. The lowest BCUT2D eigenvalue weighted by Crippen LogP contribution is -2.22. The molecule has 0 saturated heterocycles. The summed E-state index contributed by atoms with van der Waals surface area (Å²) in [7, 11) is 0. The molecule has 152 valence electrons. The van der Waals surface area contributed by atoms with Crippen molar-refractivity contribution in [1.82, 2.24) is 9.55 Å². The third-order valence-corrected chi connectivity index (χ3v) is 6.62. The molecule has 2 aromatic carbocycles. The maximum atomic E-state index is 13.6. The molecule has 0 aliphatic carbocycles. The third kappa shape index (κ3) is 3.73. The lowest BCUT2D eigenvalue weighted by Gasteiger charge is -2.12. The minimum atomic E-state index is -0.182. The van der Waals surface area contributed by atoms with Crippen LogP contribution in [0.15, 0.2) is 98.8 Å². The molecule has 3 heterocycles. The minimum Gasteiger partial charge on any atom is -0.464 e. The molecule has 31 heavy (non-hydrogen) atoms. The quantitative estimate of drug-likeness (QED) is 0.191. The van der Waals surface area contributed by atoms with Gasteiger partial charge in [0.25, 0.3) is 5.56 Å². The van der Waals surface area contributed by atoms with E-state index in [1.807, 2.05) is 60.0 Å². The van der Waals surface area contributed by atoms with E-state index >= 15 is 0 Å². The molecule has 0 bridgehead atoms. The van der Waals surface area contributed by atoms with Gasteiger partial charge in [-0.1, -0.05) is 60.3 Å². The van der Waals surface area contributed by atoms with Gasteiger partial charge >= 0.3 is 0 Å². The van der Waals surface area contributed by atoms with Gasteiger partial charge in [-0.3, -0.25) is 14.2 Å². The van der Waals surface area contributed by atoms with Gasteiger partial charge in [0.2, 0.25) is 0 Å². The first-order valence-corrected chi connectivity index (χ1v) is 11.4. The van der Waals surface area contributed by atoms with Gasteiger partial charge in [-0.05, 0) is 24.3 Å². The van der Waals surface area contributed by atoms with Crippen LogP contribution in [0.1, 0.15) is 10.4 Å². The number of carbonyl (C=O) groups is 1. The number of para-hydroxylation sites is 1. The minimum absolute atomic E-state index is 0.0120. The molecule has 0 atom stereocenters. The van der Waals surface area contributed by atoms with E-state index in [0.29, 0.717) is 32.4 Å². The molecule has 0 aliphatic rings. The van der Waals surface area contributed by atoms with Crippen molar-refractivity contribution in [3.05, 3.63) is 100 Å². The number of thioether (sulfide) groups is 1. The zero-order valence-corrected chi connectivity index (χ0v) is 17.9. The fraction of sp³-hybridized carbons (Fsp3) is 0.0417. The van der Waals surface area contributed by atoms with Gasteiger partial charge in [-0.2, -0.15) is 0 Å². The lowest BCUT2D eigenvalue weighted by atomic mass is 10.2. The van der Waals surface area contributed by atoms with Crippen LogP contribution < -0.4 is 5.56 Å². The van der Waals surface area contributed by atoms with Gasteiger partial charge in [0, 0.05) is 16.5 Å². The molecule has 0 aliphatic heterocycles. The summed E-state index contributed by atoms with van der Waals surface area (Å²) in [4.78, 5) is 31.6. The maximum absolute atomic E-state index is 13.6. The molecule has 0 amide bonds. The van der Waals surface area contributed by atoms with Crippen molar-refractivity contribution in [3.8, 4) is 17.0 Å². The SMILES string of the molecule is O=C(CSc1nc2scc(-c3ccco3)c2c(=O)n1-c1ccccc1)c1ccccc1. The van der Waals surface area contributed by atoms with Crippen LogP contribution in [0.2, 0.25) is 0 Å². The highest BCUT2D eigenvalue weighted by molar-refractivity contribution is 7.99. The van der Waals surface area contributed by atoms with E-state index in [2.05, 4.69) is 0 Å². The highest BCUT2D eigenvalue weighted by Gasteiger charge is 2.20. The van der Waals surface area contributed by atoms with E-state index in [1.165, 1.54) is 23.1 Å². The fourth-order valence-electron chi connectivity index (χ4n) is 3.32. The molecule has 0 unspecified atom stereocenters. The molecule has 5 rings (SSSR count). The summed E-state index contributed by atoms with van der Waals surface area (Å²) >= 11 is 2.66. The molecular formula is C24H16N2O3S2. The molecular weight excluding hydrogens is 428 g/mol. The van der Waals surface area contributed by atoms with Crippen LogP contribution in [0.5, 0.6) is 0 Å². The number of furan rings is 1. The second-order valence-electron chi connectivity index (χ2n) is 6.76. The Morgan fingerprint density at radius 3 is 2.45 bits per heavy atom. The molecule has 5 nitrogen and oxygen atoms in total. The van der Waals surface area contributed by atoms with Crippen molar-refractivity contribution in [3.63, 3.8) is 0 Å². The fourth-order valence-corrected chi connectivity index (χ4v) is 5.20. The first-order valence-electron chi connectivity index (χ1n) is 9.57. The van der Waals surface area contributed by atoms with E-state index in [9.17, 15) is 9.59 Å². The number of nitrogens with zero attached hydrogens (tertiary/aromatic N) is 2. The lowest BCUT2D eigenvalue weighted by molar-refractivity contribution is 0.102. The summed E-state index contributed by atoms with van der Waals surface area (Å²) in [5.41, 5.74) is 1.89. The number of aromatic nitrogens is 2. The summed E-state index contributed by atoms with van der Waals surface area (Å²) in [6, 6.07) is 22.1. The van der Waals surface area contributed by atoms with E-state index in [4.69, 9.17) is 9.40 Å². The summed E-state index contributed by atoms with van der Waals surface area (Å²) in [5, 5.41) is 2.89. The number of carbonyl (C=O) groups excluding carboxylic acids is 1. The first-order chi connectivity index (χ1) is 15.2. The average Bonchev–Trinajstić information content (AvgIpc) is 3.48. The monoisotopic (exact) mass is 444 g/mol. The molecule has 5 aromatic rings. The largest absolute Gasteiger partial charge is 0.464 e. The Morgan fingerprint density at radius 1 is 1.00 bits per heavy atom. The Morgan fingerprint density at radius 2 is 1.74 bits per heavy atom. The smallest absolute Gasteiger partial charge is 0.268 e. The molecule has 7 heteroatoms. The van der Waals surface area contributed by atoms with Gasteiger partial charge in [0.05, 0.1) is 23.1 Å². The topological polar surface area (TPSA) is 65.1 Å². The van der Waals surface area contributed by atoms with Crippen LogP contribution in [0, 0.1) is 0 Å². The van der Waals surface area contributed by atoms with E-state index in [0.717, 1.165) is 5.56 Å². The number of thiophene rings is 1. The average molecular weight is 445 g/mol. The van der Waals surface area contributed by atoms with Gasteiger partial charge in [0.15, 0.2) is 10.9 Å². The van der Waals surface area contributed by atoms with Crippen LogP contribution in [0.25, 0.3) is 27.2 Å². The molecule has 0 radical (unpaired) electrons. The van der Waals surface area contributed by atoms with Gasteiger partial charge in [-0.15, -0.1) is 11.3 Å². The molecule has 0 fully saturated rings. The number of hydrogen-bond donors (Lipinski definition) is 0. The Kier molecular flexibility index (Phi) is 5.28. The predicted octanol–water partition coefficient (Wildman–Crippen LogP) is 5.68. The molecule has 3 aromatic heterocycles. The number of fused-ring (bicyclic) bond motifs is 1.